The number of furan rings is 1. The van der Waals surface area contributed by atoms with Crippen LogP contribution in [0.3, 0.4) is 0 Å². The van der Waals surface area contributed by atoms with Crippen LogP contribution >= 0.6 is 0 Å². The minimum absolute atomic E-state index is 0.0675. The number of hydrogen-bond acceptors (Lipinski definition) is 5. The Hall–Kier alpha value is -5.12. The molecule has 202 valence electrons. The number of nitrogens with zero attached hydrogens (tertiary/aromatic N) is 2. The predicted octanol–water partition coefficient (Wildman–Crippen LogP) is 6.89. The van der Waals surface area contributed by atoms with Crippen LogP contribution in [0.4, 0.5) is 18.9 Å². The zero-order chi connectivity index (χ0) is 28.3. The van der Waals surface area contributed by atoms with Crippen LogP contribution in [-0.4, -0.2) is 27.8 Å². The van der Waals surface area contributed by atoms with Gasteiger partial charge in [0, 0.05) is 28.9 Å². The van der Waals surface area contributed by atoms with E-state index in [-0.39, 0.29) is 5.69 Å². The molecular weight excluding hydrogens is 523 g/mol. The maximum absolute atomic E-state index is 12.9. The fourth-order valence-electron chi connectivity index (χ4n) is 3.95. The molecule has 5 aromatic rings. The standard InChI is InChI=1S/C30H22F3N3O4/c1-19(29(38)34-23-10-7-9-22(17-23)30(31,32)33)39-27(37)15-14-21-18-36(24-11-3-2-4-12-24)35-28(21)26-16-20-8-5-6-13-25(20)40-26/h2-19H,1H3,(H,34,38)/b15-14+. The highest BCUT2D eigenvalue weighted by atomic mass is 19.4. The minimum atomic E-state index is -4.56. The first kappa shape index (κ1) is 26.5. The van der Waals surface area contributed by atoms with Gasteiger partial charge in [0.15, 0.2) is 11.9 Å². The fourth-order valence-corrected chi connectivity index (χ4v) is 3.95. The molecule has 1 amide bonds. The lowest BCUT2D eigenvalue weighted by Crippen LogP contribution is -2.29. The molecule has 0 radical (unpaired) electrons. The third-order valence-corrected chi connectivity index (χ3v) is 5.94. The first-order valence-corrected chi connectivity index (χ1v) is 12.2. The van der Waals surface area contributed by atoms with E-state index in [1.54, 1.807) is 10.9 Å². The molecule has 1 unspecified atom stereocenters. The lowest BCUT2D eigenvalue weighted by atomic mass is 10.2. The SMILES string of the molecule is CC(OC(=O)/C=C/c1cn(-c2ccccc2)nc1-c1cc2ccccc2o1)C(=O)Nc1cccc(C(F)(F)F)c1. The number of anilines is 1. The highest BCUT2D eigenvalue weighted by Crippen LogP contribution is 2.32. The smallest absolute Gasteiger partial charge is 0.416 e. The number of nitrogens with one attached hydrogen (secondary N) is 1. The van der Waals surface area contributed by atoms with Gasteiger partial charge in [-0.1, -0.05) is 42.5 Å². The molecule has 5 rings (SSSR count). The highest BCUT2D eigenvalue weighted by molar-refractivity contribution is 5.97. The van der Waals surface area contributed by atoms with Gasteiger partial charge in [0.2, 0.25) is 0 Å². The predicted molar refractivity (Wildman–Crippen MR) is 143 cm³/mol. The molecule has 1 atom stereocenters. The lowest BCUT2D eigenvalue weighted by Gasteiger charge is -2.13. The van der Waals surface area contributed by atoms with Crippen molar-refractivity contribution < 1.29 is 31.9 Å². The molecule has 0 saturated heterocycles. The van der Waals surface area contributed by atoms with Gasteiger partial charge in [-0.2, -0.15) is 18.3 Å². The summed E-state index contributed by atoms with van der Waals surface area (Å²) in [6.45, 7) is 1.32. The molecule has 0 saturated carbocycles. The summed E-state index contributed by atoms with van der Waals surface area (Å²) in [4.78, 5) is 25.0. The number of carbonyl (C=O) groups excluding carboxylic acids is 2. The van der Waals surface area contributed by atoms with E-state index in [1.807, 2.05) is 60.7 Å². The monoisotopic (exact) mass is 545 g/mol. The number of esters is 1. The van der Waals surface area contributed by atoms with Crippen LogP contribution in [0.25, 0.3) is 34.2 Å². The number of carbonyl (C=O) groups is 2. The van der Waals surface area contributed by atoms with Crippen LogP contribution in [-0.2, 0) is 20.5 Å². The van der Waals surface area contributed by atoms with Crippen molar-refractivity contribution in [1.29, 1.82) is 0 Å². The van der Waals surface area contributed by atoms with E-state index in [9.17, 15) is 22.8 Å². The van der Waals surface area contributed by atoms with Gasteiger partial charge in [0.05, 0.1) is 11.3 Å². The van der Waals surface area contributed by atoms with Crippen molar-refractivity contribution in [3.8, 4) is 17.1 Å². The largest absolute Gasteiger partial charge is 0.454 e. The number of benzene rings is 3. The van der Waals surface area contributed by atoms with Gasteiger partial charge in [0.1, 0.15) is 11.3 Å². The summed E-state index contributed by atoms with van der Waals surface area (Å²) in [6.07, 6.45) is -1.46. The number of fused-ring (bicyclic) bond motifs is 1. The Morgan fingerprint density at radius 1 is 1.00 bits per heavy atom. The molecule has 2 heterocycles. The topological polar surface area (TPSA) is 86.4 Å². The lowest BCUT2D eigenvalue weighted by molar-refractivity contribution is -0.148. The van der Waals surface area contributed by atoms with Crippen molar-refractivity contribution >= 4 is 34.6 Å². The Bertz CT molecular complexity index is 1670. The molecule has 7 nitrogen and oxygen atoms in total. The van der Waals surface area contributed by atoms with E-state index in [0.29, 0.717) is 22.6 Å². The molecule has 0 bridgehead atoms. The summed E-state index contributed by atoms with van der Waals surface area (Å²) in [5.74, 6) is -1.10. The summed E-state index contributed by atoms with van der Waals surface area (Å²) in [6, 6.07) is 22.9. The van der Waals surface area contributed by atoms with Crippen molar-refractivity contribution in [2.24, 2.45) is 0 Å². The quantitative estimate of drug-likeness (QED) is 0.178. The molecule has 0 aliphatic heterocycles. The number of alkyl halides is 3. The molecule has 0 fully saturated rings. The van der Waals surface area contributed by atoms with Gasteiger partial charge >= 0.3 is 12.1 Å². The zero-order valence-electron chi connectivity index (χ0n) is 21.1. The van der Waals surface area contributed by atoms with Gasteiger partial charge in [-0.3, -0.25) is 4.79 Å². The fraction of sp³-hybridized carbons (Fsp3) is 0.100. The second-order valence-electron chi connectivity index (χ2n) is 8.84. The third kappa shape index (κ3) is 5.96. The molecular formula is C30H22F3N3O4. The maximum Gasteiger partial charge on any atom is 0.416 e. The van der Waals surface area contributed by atoms with E-state index in [4.69, 9.17) is 9.15 Å². The molecule has 1 N–H and O–H groups in total. The van der Waals surface area contributed by atoms with Gasteiger partial charge in [-0.15, -0.1) is 0 Å². The third-order valence-electron chi connectivity index (χ3n) is 5.94. The average molecular weight is 546 g/mol. The summed E-state index contributed by atoms with van der Waals surface area (Å²) < 4.78 is 51.7. The number of para-hydroxylation sites is 2. The summed E-state index contributed by atoms with van der Waals surface area (Å²) in [7, 11) is 0. The van der Waals surface area contributed by atoms with Gasteiger partial charge < -0.3 is 14.5 Å². The van der Waals surface area contributed by atoms with Crippen LogP contribution in [0.2, 0.25) is 0 Å². The average Bonchev–Trinajstić information content (AvgIpc) is 3.56. The van der Waals surface area contributed by atoms with Crippen LogP contribution in [0.5, 0.6) is 0 Å². The van der Waals surface area contributed by atoms with Crippen molar-refractivity contribution in [3.63, 3.8) is 0 Å². The number of amides is 1. The van der Waals surface area contributed by atoms with E-state index < -0.39 is 29.7 Å². The second kappa shape index (κ2) is 10.9. The Balaban J connectivity index is 1.33. The van der Waals surface area contributed by atoms with Crippen LogP contribution in [0, 0.1) is 0 Å². The van der Waals surface area contributed by atoms with Crippen molar-refractivity contribution in [2.75, 3.05) is 5.32 Å². The number of halogens is 3. The van der Waals surface area contributed by atoms with Crippen molar-refractivity contribution in [3.05, 3.63) is 108 Å². The maximum atomic E-state index is 12.9. The number of aromatic nitrogens is 2. The molecule has 40 heavy (non-hydrogen) atoms. The molecule has 0 aliphatic carbocycles. The van der Waals surface area contributed by atoms with Gasteiger partial charge in [-0.05, 0) is 55.5 Å². The highest BCUT2D eigenvalue weighted by Gasteiger charge is 2.30. The minimum Gasteiger partial charge on any atom is -0.454 e. The molecule has 3 aromatic carbocycles. The van der Waals surface area contributed by atoms with Crippen molar-refractivity contribution in [1.82, 2.24) is 9.78 Å². The van der Waals surface area contributed by atoms with E-state index >= 15 is 0 Å². The summed E-state index contributed by atoms with van der Waals surface area (Å²) in [5, 5.41) is 7.88. The molecule has 0 spiro atoms. The first-order chi connectivity index (χ1) is 19.2. The summed E-state index contributed by atoms with van der Waals surface area (Å²) >= 11 is 0. The number of rotatable bonds is 7. The molecule has 0 aliphatic rings. The zero-order valence-corrected chi connectivity index (χ0v) is 21.1. The van der Waals surface area contributed by atoms with Crippen molar-refractivity contribution in [2.45, 2.75) is 19.2 Å². The van der Waals surface area contributed by atoms with E-state index in [2.05, 4.69) is 10.4 Å². The van der Waals surface area contributed by atoms with E-state index in [1.165, 1.54) is 25.1 Å². The van der Waals surface area contributed by atoms with Gasteiger partial charge in [-0.25, -0.2) is 9.48 Å². The van der Waals surface area contributed by atoms with Crippen LogP contribution in [0.1, 0.15) is 18.1 Å². The summed E-state index contributed by atoms with van der Waals surface area (Å²) in [5.41, 5.74) is 1.54. The van der Waals surface area contributed by atoms with Crippen LogP contribution < -0.4 is 5.32 Å². The van der Waals surface area contributed by atoms with Crippen LogP contribution in [0.15, 0.2) is 102 Å². The molecule has 2 aromatic heterocycles. The Morgan fingerprint density at radius 3 is 2.50 bits per heavy atom. The number of hydrogen-bond donors (Lipinski definition) is 1. The van der Waals surface area contributed by atoms with Gasteiger partial charge in [0.25, 0.3) is 5.91 Å². The normalized spacial score (nSPS) is 12.5. The second-order valence-corrected chi connectivity index (χ2v) is 8.84. The Labute approximate surface area is 226 Å². The first-order valence-electron chi connectivity index (χ1n) is 12.2. The Kier molecular flexibility index (Phi) is 7.24. The Morgan fingerprint density at radius 2 is 1.75 bits per heavy atom. The number of ether oxygens (including phenoxy) is 1. The van der Waals surface area contributed by atoms with E-state index in [0.717, 1.165) is 29.3 Å². The molecule has 10 heteroatoms.